The molecule has 4 rings (SSSR count). The molecule has 1 unspecified atom stereocenters. The molecule has 0 saturated carbocycles. The van der Waals surface area contributed by atoms with E-state index < -0.39 is 23.7 Å². The van der Waals surface area contributed by atoms with Gasteiger partial charge in [0.05, 0.1) is 27.5 Å². The van der Waals surface area contributed by atoms with Gasteiger partial charge < -0.3 is 10.2 Å². The van der Waals surface area contributed by atoms with Crippen molar-refractivity contribution in [3.8, 4) is 0 Å². The number of halogens is 2. The second-order valence-corrected chi connectivity index (χ2v) is 7.78. The van der Waals surface area contributed by atoms with Gasteiger partial charge in [0.1, 0.15) is 11.9 Å². The number of nitrogens with one attached hydrogen (secondary N) is 1. The molecule has 1 aliphatic rings. The maximum absolute atomic E-state index is 14.8. The predicted molar refractivity (Wildman–Crippen MR) is 122 cm³/mol. The van der Waals surface area contributed by atoms with E-state index in [2.05, 4.69) is 5.32 Å². The number of anilines is 3. The molecule has 8 heteroatoms. The Bertz CT molecular complexity index is 1200. The third kappa shape index (κ3) is 3.71. The van der Waals surface area contributed by atoms with Crippen LogP contribution in [0.15, 0.2) is 66.7 Å². The van der Waals surface area contributed by atoms with Crippen molar-refractivity contribution in [2.75, 3.05) is 22.2 Å². The number of hydrogen-bond acceptors (Lipinski definition) is 4. The van der Waals surface area contributed by atoms with E-state index >= 15 is 0 Å². The molecule has 6 nitrogen and oxygen atoms in total. The van der Waals surface area contributed by atoms with Gasteiger partial charge in [0.15, 0.2) is 0 Å². The van der Waals surface area contributed by atoms with Gasteiger partial charge in [-0.3, -0.25) is 14.4 Å². The second-order valence-electron chi connectivity index (χ2n) is 7.37. The number of rotatable bonds is 5. The predicted octanol–water partition coefficient (Wildman–Crippen LogP) is 4.74. The summed E-state index contributed by atoms with van der Waals surface area (Å²) in [6.45, 7) is 1.64. The van der Waals surface area contributed by atoms with Crippen LogP contribution >= 0.6 is 11.6 Å². The van der Waals surface area contributed by atoms with E-state index in [0.717, 1.165) is 11.0 Å². The number of nitrogens with zero attached hydrogens (tertiary/aromatic N) is 2. The van der Waals surface area contributed by atoms with Crippen LogP contribution in [-0.4, -0.2) is 30.8 Å². The summed E-state index contributed by atoms with van der Waals surface area (Å²) in [5.41, 5.74) is 1.10. The van der Waals surface area contributed by atoms with Crippen molar-refractivity contribution in [1.82, 2.24) is 0 Å². The molecule has 3 amide bonds. The summed E-state index contributed by atoms with van der Waals surface area (Å²) in [7, 11) is 1.65. The average Bonchev–Trinajstić information content (AvgIpc) is 3.05. The lowest BCUT2D eigenvalue weighted by Gasteiger charge is -2.24. The molecular formula is C24H19ClFN3O3. The Morgan fingerprint density at radius 3 is 2.16 bits per heavy atom. The summed E-state index contributed by atoms with van der Waals surface area (Å²) in [6.07, 6.45) is 0. The highest BCUT2D eigenvalue weighted by molar-refractivity contribution is 6.36. The van der Waals surface area contributed by atoms with Crippen LogP contribution in [0.4, 0.5) is 21.5 Å². The average molecular weight is 452 g/mol. The molecule has 0 spiro atoms. The van der Waals surface area contributed by atoms with Gasteiger partial charge in [0.2, 0.25) is 5.91 Å². The molecule has 0 bridgehead atoms. The van der Waals surface area contributed by atoms with E-state index in [0.29, 0.717) is 5.69 Å². The second kappa shape index (κ2) is 8.43. The fraction of sp³-hybridized carbons (Fsp3) is 0.125. The summed E-state index contributed by atoms with van der Waals surface area (Å²) in [4.78, 5) is 40.6. The van der Waals surface area contributed by atoms with Gasteiger partial charge in [-0.2, -0.15) is 0 Å². The van der Waals surface area contributed by atoms with E-state index in [4.69, 9.17) is 11.6 Å². The molecule has 32 heavy (non-hydrogen) atoms. The molecule has 3 aromatic carbocycles. The largest absolute Gasteiger partial charge is 0.373 e. The number of benzene rings is 3. The van der Waals surface area contributed by atoms with Crippen LogP contribution in [0.25, 0.3) is 0 Å². The molecule has 1 N–H and O–H groups in total. The maximum Gasteiger partial charge on any atom is 0.266 e. The minimum atomic E-state index is -0.824. The van der Waals surface area contributed by atoms with Gasteiger partial charge in [-0.25, -0.2) is 9.29 Å². The van der Waals surface area contributed by atoms with Gasteiger partial charge in [-0.1, -0.05) is 41.9 Å². The summed E-state index contributed by atoms with van der Waals surface area (Å²) in [6, 6.07) is 17.0. The minimum Gasteiger partial charge on any atom is -0.373 e. The quantitative estimate of drug-likeness (QED) is 0.569. The number of likely N-dealkylation sites (N-methyl/N-ethyl adjacent to an activating group) is 1. The first kappa shape index (κ1) is 21.5. The lowest BCUT2D eigenvalue weighted by molar-refractivity contribution is -0.118. The Hall–Kier alpha value is -3.71. The monoisotopic (exact) mass is 451 g/mol. The van der Waals surface area contributed by atoms with Crippen LogP contribution in [0, 0.1) is 5.82 Å². The van der Waals surface area contributed by atoms with Crippen LogP contribution in [0.3, 0.4) is 0 Å². The molecule has 1 aliphatic heterocycles. The molecule has 0 fully saturated rings. The van der Waals surface area contributed by atoms with Crippen molar-refractivity contribution in [2.45, 2.75) is 13.0 Å². The standard InChI is InChI=1S/C24H19ClFN3O3/c1-14(22(30)28(2)15-8-4-3-5-9-15)27-20-13-21(19(26)12-18(20)25)29-23(31)16-10-6-7-11-17(16)24(29)32/h3-14,27H,1-2H3. The molecule has 3 aromatic rings. The Labute approximate surface area is 189 Å². The van der Waals surface area contributed by atoms with Crippen LogP contribution in [0.1, 0.15) is 27.6 Å². The Morgan fingerprint density at radius 1 is 1.00 bits per heavy atom. The highest BCUT2D eigenvalue weighted by Gasteiger charge is 2.38. The van der Waals surface area contributed by atoms with Crippen molar-refractivity contribution >= 4 is 46.4 Å². The van der Waals surface area contributed by atoms with E-state index in [1.54, 1.807) is 38.2 Å². The van der Waals surface area contributed by atoms with E-state index in [1.165, 1.54) is 23.1 Å². The first-order valence-electron chi connectivity index (χ1n) is 9.85. The van der Waals surface area contributed by atoms with E-state index in [1.807, 2.05) is 18.2 Å². The number of fused-ring (bicyclic) bond motifs is 1. The molecule has 162 valence electrons. The van der Waals surface area contributed by atoms with E-state index in [-0.39, 0.29) is 33.4 Å². The number of amides is 3. The molecule has 0 aromatic heterocycles. The third-order valence-electron chi connectivity index (χ3n) is 5.29. The lowest BCUT2D eigenvalue weighted by atomic mass is 10.1. The zero-order valence-electron chi connectivity index (χ0n) is 17.3. The summed E-state index contributed by atoms with van der Waals surface area (Å²) >= 11 is 6.20. The van der Waals surface area contributed by atoms with Crippen LogP contribution < -0.4 is 15.1 Å². The van der Waals surface area contributed by atoms with Crippen molar-refractivity contribution < 1.29 is 18.8 Å². The topological polar surface area (TPSA) is 69.7 Å². The number of carbonyl (C=O) groups excluding carboxylic acids is 3. The highest BCUT2D eigenvalue weighted by Crippen LogP contribution is 2.35. The normalized spacial score (nSPS) is 13.7. The Morgan fingerprint density at radius 2 is 1.56 bits per heavy atom. The summed E-state index contributed by atoms with van der Waals surface area (Å²) < 4.78 is 14.8. The summed E-state index contributed by atoms with van der Waals surface area (Å²) in [5.74, 6) is -2.31. The molecule has 0 radical (unpaired) electrons. The molecular weight excluding hydrogens is 433 g/mol. The smallest absolute Gasteiger partial charge is 0.266 e. The van der Waals surface area contributed by atoms with Gasteiger partial charge in [0.25, 0.3) is 11.8 Å². The zero-order chi connectivity index (χ0) is 23.0. The Kier molecular flexibility index (Phi) is 5.67. The fourth-order valence-electron chi connectivity index (χ4n) is 3.59. The molecule has 0 aliphatic carbocycles. The van der Waals surface area contributed by atoms with Gasteiger partial charge in [0, 0.05) is 12.7 Å². The van der Waals surface area contributed by atoms with Crippen molar-refractivity contribution in [2.24, 2.45) is 0 Å². The first-order chi connectivity index (χ1) is 15.3. The minimum absolute atomic E-state index is 0.0184. The van der Waals surface area contributed by atoms with Gasteiger partial charge in [-0.15, -0.1) is 0 Å². The molecule has 1 atom stereocenters. The third-order valence-corrected chi connectivity index (χ3v) is 5.60. The number of para-hydroxylation sites is 1. The van der Waals surface area contributed by atoms with Crippen LogP contribution in [0.5, 0.6) is 0 Å². The maximum atomic E-state index is 14.8. The fourth-order valence-corrected chi connectivity index (χ4v) is 3.80. The molecule has 1 heterocycles. The summed E-state index contributed by atoms with van der Waals surface area (Å²) in [5, 5.41) is 2.98. The van der Waals surface area contributed by atoms with Crippen LogP contribution in [-0.2, 0) is 4.79 Å². The first-order valence-corrected chi connectivity index (χ1v) is 10.2. The van der Waals surface area contributed by atoms with Crippen molar-refractivity contribution in [3.63, 3.8) is 0 Å². The lowest BCUT2D eigenvalue weighted by Crippen LogP contribution is -2.39. The van der Waals surface area contributed by atoms with Crippen LogP contribution in [0.2, 0.25) is 5.02 Å². The SMILES string of the molecule is CC(Nc1cc(N2C(=O)c3ccccc3C2=O)c(F)cc1Cl)C(=O)N(C)c1ccccc1. The number of imide groups is 1. The molecule has 0 saturated heterocycles. The van der Waals surface area contributed by atoms with E-state index in [9.17, 15) is 18.8 Å². The van der Waals surface area contributed by atoms with Crippen molar-refractivity contribution in [3.05, 3.63) is 88.7 Å². The number of hydrogen-bond donors (Lipinski definition) is 1. The number of carbonyl (C=O) groups is 3. The van der Waals surface area contributed by atoms with Gasteiger partial charge >= 0.3 is 0 Å². The zero-order valence-corrected chi connectivity index (χ0v) is 18.1. The highest BCUT2D eigenvalue weighted by atomic mass is 35.5. The van der Waals surface area contributed by atoms with Gasteiger partial charge in [-0.05, 0) is 43.3 Å². The Balaban J connectivity index is 1.62. The van der Waals surface area contributed by atoms with Crippen molar-refractivity contribution in [1.29, 1.82) is 0 Å².